The first-order valence-corrected chi connectivity index (χ1v) is 5.15. The van der Waals surface area contributed by atoms with Gasteiger partial charge in [0.05, 0.1) is 19.3 Å². The van der Waals surface area contributed by atoms with Gasteiger partial charge in [-0.3, -0.25) is 9.78 Å². The number of hydrogen-bond donors (Lipinski definition) is 2. The molecule has 82 valence electrons. The molecule has 0 atom stereocenters. The predicted octanol–water partition coefficient (Wildman–Crippen LogP) is -0.911. The molecule has 0 spiro atoms. The summed E-state index contributed by atoms with van der Waals surface area (Å²) in [7, 11) is 0. The van der Waals surface area contributed by atoms with E-state index in [1.165, 1.54) is 17.3 Å². The Hall–Kier alpha value is -1.49. The second kappa shape index (κ2) is 6.08. The van der Waals surface area contributed by atoms with Crippen molar-refractivity contribution in [3.8, 4) is 0 Å². The zero-order valence-corrected chi connectivity index (χ0v) is 9.16. The zero-order valence-electron chi connectivity index (χ0n) is 9.16. The maximum absolute atomic E-state index is 11.6. The number of nitrogens with zero attached hydrogens (tertiary/aromatic N) is 2. The minimum atomic E-state index is -0.164. The molecule has 5 heteroatoms. The average Bonchev–Trinajstić information content (AvgIpc) is 2.31. The molecule has 5 nitrogen and oxygen atoms in total. The molecule has 0 radical (unpaired) electrons. The van der Waals surface area contributed by atoms with Crippen LogP contribution in [0.3, 0.4) is 0 Å². The Morgan fingerprint density at radius 3 is 2.67 bits per heavy atom. The van der Waals surface area contributed by atoms with Crippen molar-refractivity contribution < 1.29 is 9.69 Å². The standard InChI is InChI=1S/C10H16N4O/c1-3-14(4-2)8-13-10(15)9-7-11-5-6-12-9/h5-7H,3-4,8H2,1-2H3,(H,13,15)/p+1. The molecule has 0 unspecified atom stereocenters. The number of amides is 1. The van der Waals surface area contributed by atoms with E-state index in [2.05, 4.69) is 29.1 Å². The summed E-state index contributed by atoms with van der Waals surface area (Å²) in [5.74, 6) is -0.164. The largest absolute Gasteiger partial charge is 0.318 e. The highest BCUT2D eigenvalue weighted by Crippen LogP contribution is 1.87. The van der Waals surface area contributed by atoms with Crippen molar-refractivity contribution in [2.24, 2.45) is 0 Å². The van der Waals surface area contributed by atoms with Crippen LogP contribution >= 0.6 is 0 Å². The number of aromatic nitrogens is 2. The fourth-order valence-electron chi connectivity index (χ4n) is 1.21. The Kier molecular flexibility index (Phi) is 4.70. The van der Waals surface area contributed by atoms with E-state index in [0.717, 1.165) is 13.1 Å². The molecule has 1 heterocycles. The van der Waals surface area contributed by atoms with Gasteiger partial charge >= 0.3 is 0 Å². The van der Waals surface area contributed by atoms with Gasteiger partial charge in [0.1, 0.15) is 5.69 Å². The third-order valence-electron chi connectivity index (χ3n) is 2.29. The number of carbonyl (C=O) groups is 1. The van der Waals surface area contributed by atoms with Crippen LogP contribution in [0.15, 0.2) is 18.6 Å². The Morgan fingerprint density at radius 2 is 2.13 bits per heavy atom. The summed E-state index contributed by atoms with van der Waals surface area (Å²) in [6.45, 7) is 6.80. The number of hydrogen-bond acceptors (Lipinski definition) is 3. The van der Waals surface area contributed by atoms with Gasteiger partial charge in [-0.15, -0.1) is 0 Å². The van der Waals surface area contributed by atoms with E-state index < -0.39 is 0 Å². The highest BCUT2D eigenvalue weighted by Gasteiger charge is 2.09. The molecule has 0 aliphatic heterocycles. The zero-order chi connectivity index (χ0) is 11.1. The molecule has 1 rings (SSSR count). The second-order valence-corrected chi connectivity index (χ2v) is 3.23. The maximum atomic E-state index is 11.6. The van der Waals surface area contributed by atoms with Crippen molar-refractivity contribution in [2.45, 2.75) is 13.8 Å². The molecule has 1 aromatic rings. The van der Waals surface area contributed by atoms with E-state index in [9.17, 15) is 4.79 Å². The monoisotopic (exact) mass is 209 g/mol. The lowest BCUT2D eigenvalue weighted by molar-refractivity contribution is -0.898. The summed E-state index contributed by atoms with van der Waals surface area (Å²) in [5.41, 5.74) is 0.365. The smallest absolute Gasteiger partial charge is 0.275 e. The molecule has 1 amide bonds. The van der Waals surface area contributed by atoms with Crippen LogP contribution < -0.4 is 10.2 Å². The summed E-state index contributed by atoms with van der Waals surface area (Å²) in [5, 5.41) is 2.82. The van der Waals surface area contributed by atoms with Crippen LogP contribution in [-0.2, 0) is 0 Å². The predicted molar refractivity (Wildman–Crippen MR) is 56.4 cm³/mol. The maximum Gasteiger partial charge on any atom is 0.275 e. The van der Waals surface area contributed by atoms with Gasteiger partial charge in [-0.25, -0.2) is 4.98 Å². The normalized spacial score (nSPS) is 10.3. The summed E-state index contributed by atoms with van der Waals surface area (Å²) < 4.78 is 0. The molecule has 1 aromatic heterocycles. The average molecular weight is 209 g/mol. The van der Waals surface area contributed by atoms with Gasteiger partial charge in [-0.2, -0.15) is 0 Å². The Bertz CT molecular complexity index is 298. The third-order valence-corrected chi connectivity index (χ3v) is 2.29. The summed E-state index contributed by atoms with van der Waals surface area (Å²) in [6, 6.07) is 0. The molecule has 2 N–H and O–H groups in total. The fourth-order valence-corrected chi connectivity index (χ4v) is 1.21. The quantitative estimate of drug-likeness (QED) is 0.617. The lowest BCUT2D eigenvalue weighted by Crippen LogP contribution is -3.13. The van der Waals surface area contributed by atoms with Gasteiger partial charge in [0.15, 0.2) is 6.67 Å². The first-order valence-electron chi connectivity index (χ1n) is 5.15. The first-order chi connectivity index (χ1) is 7.27. The molecule has 0 bridgehead atoms. The van der Waals surface area contributed by atoms with Gasteiger partial charge in [0.2, 0.25) is 0 Å². The lowest BCUT2D eigenvalue weighted by Gasteiger charge is -2.15. The van der Waals surface area contributed by atoms with Crippen molar-refractivity contribution in [3.63, 3.8) is 0 Å². The summed E-state index contributed by atoms with van der Waals surface area (Å²) >= 11 is 0. The van der Waals surface area contributed by atoms with E-state index in [0.29, 0.717) is 12.4 Å². The minimum absolute atomic E-state index is 0.164. The van der Waals surface area contributed by atoms with Crippen LogP contribution in [0.2, 0.25) is 0 Å². The summed E-state index contributed by atoms with van der Waals surface area (Å²) in [4.78, 5) is 20.6. The fraction of sp³-hybridized carbons (Fsp3) is 0.500. The minimum Gasteiger partial charge on any atom is -0.318 e. The number of rotatable bonds is 5. The molecular weight excluding hydrogens is 192 g/mol. The van der Waals surface area contributed by atoms with Gasteiger partial charge in [0.25, 0.3) is 5.91 Å². The molecular formula is C10H17N4O+. The molecule has 0 saturated carbocycles. The topological polar surface area (TPSA) is 59.3 Å². The molecule has 0 aliphatic rings. The molecule has 0 saturated heterocycles. The Morgan fingerprint density at radius 1 is 1.40 bits per heavy atom. The molecule has 0 aliphatic carbocycles. The number of quaternary nitrogens is 1. The van der Waals surface area contributed by atoms with Crippen molar-refractivity contribution in [1.82, 2.24) is 15.3 Å². The van der Waals surface area contributed by atoms with Crippen molar-refractivity contribution in [2.75, 3.05) is 19.8 Å². The SMILES string of the molecule is CC[NH+](CC)CNC(=O)c1cnccn1. The molecule has 15 heavy (non-hydrogen) atoms. The Balaban J connectivity index is 2.43. The highest BCUT2D eigenvalue weighted by atomic mass is 16.2. The number of nitrogens with one attached hydrogen (secondary N) is 2. The highest BCUT2D eigenvalue weighted by molar-refractivity contribution is 5.91. The van der Waals surface area contributed by atoms with Gasteiger partial charge in [0, 0.05) is 12.4 Å². The van der Waals surface area contributed by atoms with Crippen LogP contribution in [-0.4, -0.2) is 35.6 Å². The van der Waals surface area contributed by atoms with Crippen molar-refractivity contribution in [3.05, 3.63) is 24.3 Å². The van der Waals surface area contributed by atoms with Crippen LogP contribution in [0.1, 0.15) is 24.3 Å². The van der Waals surface area contributed by atoms with Gasteiger partial charge < -0.3 is 10.2 Å². The first kappa shape index (κ1) is 11.6. The lowest BCUT2D eigenvalue weighted by atomic mass is 10.4. The van der Waals surface area contributed by atoms with E-state index in [1.807, 2.05) is 0 Å². The van der Waals surface area contributed by atoms with Crippen molar-refractivity contribution >= 4 is 5.91 Å². The van der Waals surface area contributed by atoms with Crippen LogP contribution in [0.4, 0.5) is 0 Å². The van der Waals surface area contributed by atoms with Gasteiger partial charge in [-0.1, -0.05) is 0 Å². The van der Waals surface area contributed by atoms with E-state index in [1.54, 1.807) is 6.20 Å². The van der Waals surface area contributed by atoms with Crippen LogP contribution in [0.25, 0.3) is 0 Å². The van der Waals surface area contributed by atoms with Crippen LogP contribution in [0, 0.1) is 0 Å². The van der Waals surface area contributed by atoms with Crippen LogP contribution in [0.5, 0.6) is 0 Å². The molecule has 0 fully saturated rings. The van der Waals surface area contributed by atoms with Crippen molar-refractivity contribution in [1.29, 1.82) is 0 Å². The Labute approximate surface area is 89.5 Å². The molecule has 0 aromatic carbocycles. The summed E-state index contributed by atoms with van der Waals surface area (Å²) in [6.07, 6.45) is 4.53. The number of carbonyl (C=O) groups excluding carboxylic acids is 1. The third kappa shape index (κ3) is 3.63. The van der Waals surface area contributed by atoms with E-state index in [4.69, 9.17) is 0 Å². The van der Waals surface area contributed by atoms with E-state index >= 15 is 0 Å². The van der Waals surface area contributed by atoms with Gasteiger partial charge in [-0.05, 0) is 13.8 Å². The van der Waals surface area contributed by atoms with E-state index in [-0.39, 0.29) is 5.91 Å². The second-order valence-electron chi connectivity index (χ2n) is 3.23.